The Balaban J connectivity index is 3.03. The van der Waals surface area contributed by atoms with Crippen LogP contribution in [0, 0.1) is 0 Å². The number of rotatable bonds is 4. The van der Waals surface area contributed by atoms with Crippen molar-refractivity contribution in [3.05, 3.63) is 23.8 Å². The van der Waals surface area contributed by atoms with E-state index in [2.05, 4.69) is 9.50 Å². The van der Waals surface area contributed by atoms with E-state index in [9.17, 15) is 21.9 Å². The maximum atomic E-state index is 12.5. The number of aromatic carboxylic acids is 1. The summed E-state index contributed by atoms with van der Waals surface area (Å²) in [6.07, 6.45) is -0.837. The van der Waals surface area contributed by atoms with Gasteiger partial charge in [0.25, 0.3) is 0 Å². The number of carbonyl (C=O) groups is 2. The lowest BCUT2D eigenvalue weighted by Gasteiger charge is -2.19. The van der Waals surface area contributed by atoms with Crippen LogP contribution in [-0.2, 0) is 15.2 Å². The third kappa shape index (κ3) is 5.95. The van der Waals surface area contributed by atoms with Gasteiger partial charge in [0.2, 0.25) is 0 Å². The highest BCUT2D eigenvalue weighted by Crippen LogP contribution is 2.25. The van der Waals surface area contributed by atoms with Crippen molar-refractivity contribution in [2.24, 2.45) is 0 Å². The van der Waals surface area contributed by atoms with Crippen LogP contribution in [0.15, 0.2) is 18.2 Å². The Hall–Kier alpha value is -2.36. The molecule has 122 valence electrons. The summed E-state index contributed by atoms with van der Waals surface area (Å²) in [7, 11) is -5.37. The van der Waals surface area contributed by atoms with Crippen LogP contribution in [0.3, 0.4) is 0 Å². The second-order valence-corrected chi connectivity index (χ2v) is 6.07. The summed E-state index contributed by atoms with van der Waals surface area (Å²) >= 11 is 0. The number of benzene rings is 1. The Morgan fingerprint density at radius 1 is 1.27 bits per heavy atom. The molecule has 1 aromatic carbocycles. The zero-order valence-corrected chi connectivity index (χ0v) is 12.7. The number of carbonyl (C=O) groups excluding carboxylic acids is 1. The summed E-state index contributed by atoms with van der Waals surface area (Å²) in [5.74, 6) is -2.28. The molecule has 22 heavy (non-hydrogen) atoms. The number of hydrogen-bond acceptors (Lipinski definition) is 6. The van der Waals surface area contributed by atoms with Gasteiger partial charge in [0.05, 0.1) is 0 Å². The van der Waals surface area contributed by atoms with E-state index in [0.717, 1.165) is 18.2 Å². The summed E-state index contributed by atoms with van der Waals surface area (Å²) < 4.78 is 42.2. The first-order valence-electron chi connectivity index (χ1n) is 5.89. The fraction of sp³-hybridized carbons (Fsp3) is 0.333. The Labute approximate surface area is 126 Å². The molecule has 1 rings (SSSR count). The SMILES string of the molecule is CC(C)(C)OC(=O)Nc1ccc(OS(=O)(=O)F)c(C(=O)O)c1. The summed E-state index contributed by atoms with van der Waals surface area (Å²) in [5.41, 5.74) is -1.39. The van der Waals surface area contributed by atoms with E-state index in [1.165, 1.54) is 0 Å². The number of nitrogens with one attached hydrogen (secondary N) is 1. The number of ether oxygens (including phenoxy) is 1. The average Bonchev–Trinajstić information content (AvgIpc) is 2.26. The molecular weight excluding hydrogens is 321 g/mol. The minimum Gasteiger partial charge on any atom is -0.478 e. The molecule has 0 bridgehead atoms. The van der Waals surface area contributed by atoms with Crippen molar-refractivity contribution in [3.63, 3.8) is 0 Å². The van der Waals surface area contributed by atoms with Gasteiger partial charge < -0.3 is 14.0 Å². The quantitative estimate of drug-likeness (QED) is 0.810. The first-order valence-corrected chi connectivity index (χ1v) is 7.20. The van der Waals surface area contributed by atoms with Crippen LogP contribution < -0.4 is 9.50 Å². The fourth-order valence-corrected chi connectivity index (χ4v) is 1.74. The van der Waals surface area contributed by atoms with Gasteiger partial charge in [0.15, 0.2) is 5.75 Å². The third-order valence-corrected chi connectivity index (χ3v) is 2.42. The molecule has 0 aliphatic heterocycles. The number of hydrogen-bond donors (Lipinski definition) is 2. The van der Waals surface area contributed by atoms with E-state index in [1.807, 2.05) is 0 Å². The van der Waals surface area contributed by atoms with E-state index < -0.39 is 39.5 Å². The van der Waals surface area contributed by atoms with Gasteiger partial charge in [-0.15, -0.1) is 0 Å². The molecular formula is C12H14FNO7S. The average molecular weight is 335 g/mol. The highest BCUT2D eigenvalue weighted by Gasteiger charge is 2.20. The molecule has 0 heterocycles. The molecule has 2 N–H and O–H groups in total. The number of anilines is 1. The van der Waals surface area contributed by atoms with Gasteiger partial charge in [-0.3, -0.25) is 5.32 Å². The van der Waals surface area contributed by atoms with Crippen LogP contribution >= 0.6 is 0 Å². The van der Waals surface area contributed by atoms with Crippen LogP contribution in [0.25, 0.3) is 0 Å². The summed E-state index contributed by atoms with van der Waals surface area (Å²) in [4.78, 5) is 22.6. The minimum atomic E-state index is -5.37. The van der Waals surface area contributed by atoms with Crippen LogP contribution in [-0.4, -0.2) is 31.2 Å². The molecule has 0 radical (unpaired) electrons. The lowest BCUT2D eigenvalue weighted by molar-refractivity contribution is 0.0632. The molecule has 10 heteroatoms. The van der Waals surface area contributed by atoms with E-state index in [1.54, 1.807) is 20.8 Å². The number of halogens is 1. The van der Waals surface area contributed by atoms with Crippen LogP contribution in [0.2, 0.25) is 0 Å². The largest absolute Gasteiger partial charge is 0.488 e. The molecule has 0 saturated carbocycles. The monoisotopic (exact) mass is 335 g/mol. The van der Waals surface area contributed by atoms with Gasteiger partial charge in [-0.2, -0.15) is 8.42 Å². The van der Waals surface area contributed by atoms with Crippen molar-refractivity contribution in [2.45, 2.75) is 26.4 Å². The van der Waals surface area contributed by atoms with Crippen molar-refractivity contribution in [2.75, 3.05) is 5.32 Å². The van der Waals surface area contributed by atoms with E-state index in [-0.39, 0.29) is 5.69 Å². The van der Waals surface area contributed by atoms with Gasteiger partial charge >= 0.3 is 22.6 Å². The zero-order chi connectivity index (χ0) is 17.1. The Kier molecular flexibility index (Phi) is 4.97. The number of amides is 1. The molecule has 0 aliphatic rings. The van der Waals surface area contributed by atoms with Gasteiger partial charge in [0.1, 0.15) is 11.2 Å². The molecule has 0 spiro atoms. The fourth-order valence-electron chi connectivity index (χ4n) is 1.38. The van der Waals surface area contributed by atoms with Crippen LogP contribution in [0.5, 0.6) is 5.75 Å². The molecule has 0 aliphatic carbocycles. The smallest absolute Gasteiger partial charge is 0.478 e. The van der Waals surface area contributed by atoms with Crippen molar-refractivity contribution in [3.8, 4) is 5.75 Å². The van der Waals surface area contributed by atoms with Crippen molar-refractivity contribution in [1.29, 1.82) is 0 Å². The van der Waals surface area contributed by atoms with Gasteiger partial charge in [-0.05, 0) is 39.0 Å². The van der Waals surface area contributed by atoms with Gasteiger partial charge in [0, 0.05) is 5.69 Å². The highest BCUT2D eigenvalue weighted by molar-refractivity contribution is 7.81. The Morgan fingerprint density at radius 2 is 1.86 bits per heavy atom. The van der Waals surface area contributed by atoms with Crippen LogP contribution in [0.4, 0.5) is 14.4 Å². The molecule has 0 aromatic heterocycles. The molecule has 0 fully saturated rings. The van der Waals surface area contributed by atoms with Gasteiger partial charge in [-0.25, -0.2) is 9.59 Å². The predicted molar refractivity (Wildman–Crippen MR) is 73.9 cm³/mol. The second-order valence-electron chi connectivity index (χ2n) is 5.12. The predicted octanol–water partition coefficient (Wildman–Crippen LogP) is 2.32. The molecule has 8 nitrogen and oxygen atoms in total. The molecule has 0 saturated heterocycles. The van der Waals surface area contributed by atoms with Crippen molar-refractivity contribution >= 4 is 28.3 Å². The van der Waals surface area contributed by atoms with E-state index in [4.69, 9.17) is 9.84 Å². The maximum absolute atomic E-state index is 12.5. The number of carboxylic acid groups (broad SMARTS) is 1. The van der Waals surface area contributed by atoms with Crippen LogP contribution in [0.1, 0.15) is 31.1 Å². The number of carboxylic acids is 1. The summed E-state index contributed by atoms with van der Waals surface area (Å²) in [6.45, 7) is 4.91. The Morgan fingerprint density at radius 3 is 2.32 bits per heavy atom. The standard InChI is InChI=1S/C12H14FNO7S/c1-12(2,3)20-11(17)14-7-4-5-9(21-22(13,18)19)8(6-7)10(15)16/h4-6H,1-3H3,(H,14,17)(H,15,16). The third-order valence-electron chi connectivity index (χ3n) is 2.04. The molecule has 1 aromatic rings. The highest BCUT2D eigenvalue weighted by atomic mass is 32.3. The Bertz CT molecular complexity index is 694. The zero-order valence-electron chi connectivity index (χ0n) is 11.9. The summed E-state index contributed by atoms with van der Waals surface area (Å²) in [5, 5.41) is 11.2. The minimum absolute atomic E-state index is 0.00950. The first kappa shape index (κ1) is 17.7. The topological polar surface area (TPSA) is 119 Å². The van der Waals surface area contributed by atoms with E-state index in [0.29, 0.717) is 0 Å². The first-order chi connectivity index (χ1) is 9.87. The lowest BCUT2D eigenvalue weighted by Crippen LogP contribution is -2.27. The van der Waals surface area contributed by atoms with Crippen molar-refractivity contribution in [1.82, 2.24) is 0 Å². The van der Waals surface area contributed by atoms with Crippen molar-refractivity contribution < 1.29 is 35.9 Å². The summed E-state index contributed by atoms with van der Waals surface area (Å²) in [6, 6.07) is 2.94. The van der Waals surface area contributed by atoms with E-state index >= 15 is 0 Å². The van der Waals surface area contributed by atoms with Gasteiger partial charge in [-0.1, -0.05) is 3.89 Å². The normalized spacial score (nSPS) is 11.6. The molecule has 0 unspecified atom stereocenters. The second kappa shape index (κ2) is 6.18. The molecule has 0 atom stereocenters. The molecule has 1 amide bonds. The maximum Gasteiger partial charge on any atom is 0.488 e. The lowest BCUT2D eigenvalue weighted by atomic mass is 10.2.